The molecule has 1 aliphatic heterocycles. The van der Waals surface area contributed by atoms with Crippen molar-refractivity contribution in [2.45, 2.75) is 32.0 Å². The molecule has 0 saturated carbocycles. The zero-order chi connectivity index (χ0) is 32.4. The first-order valence-corrected chi connectivity index (χ1v) is 14.3. The molecule has 0 aliphatic carbocycles. The highest BCUT2D eigenvalue weighted by Gasteiger charge is 2.30. The van der Waals surface area contributed by atoms with Gasteiger partial charge in [-0.05, 0) is 86.5 Å². The molecule has 11 heteroatoms. The minimum Gasteiger partial charge on any atom is -0.478 e. The summed E-state index contributed by atoms with van der Waals surface area (Å²) in [5.74, 6) is -1.52. The van der Waals surface area contributed by atoms with Crippen LogP contribution in [-0.4, -0.2) is 48.4 Å². The zero-order valence-electron chi connectivity index (χ0n) is 24.6. The van der Waals surface area contributed by atoms with Crippen LogP contribution in [0.3, 0.4) is 0 Å². The summed E-state index contributed by atoms with van der Waals surface area (Å²) in [4.78, 5) is 42.1. The molecule has 5 rings (SSSR count). The highest BCUT2D eigenvalue weighted by Crippen LogP contribution is 2.33. The monoisotopic (exact) mass is 618 g/mol. The number of halogens is 3. The van der Waals surface area contributed by atoms with Crippen LogP contribution >= 0.6 is 0 Å². The van der Waals surface area contributed by atoms with E-state index in [0.717, 1.165) is 50.0 Å². The quantitative estimate of drug-likeness (QED) is 0.184. The minimum absolute atomic E-state index is 0.0404. The summed E-state index contributed by atoms with van der Waals surface area (Å²) in [6, 6.07) is 20.2. The van der Waals surface area contributed by atoms with Crippen molar-refractivity contribution in [3.63, 3.8) is 0 Å². The maximum atomic E-state index is 12.9. The predicted octanol–water partition coefficient (Wildman–Crippen LogP) is 6.93. The molecule has 0 radical (unpaired) electrons. The first kappa shape index (κ1) is 32.9. The van der Waals surface area contributed by atoms with Gasteiger partial charge in [0.2, 0.25) is 0 Å². The van der Waals surface area contributed by atoms with Gasteiger partial charge in [0.25, 0.3) is 5.91 Å². The number of rotatable bonds is 8. The summed E-state index contributed by atoms with van der Waals surface area (Å²) in [5, 5.41) is 14.9. The molecule has 1 fully saturated rings. The van der Waals surface area contributed by atoms with Crippen LogP contribution < -0.4 is 15.5 Å². The van der Waals surface area contributed by atoms with Crippen molar-refractivity contribution >= 4 is 29.5 Å². The Labute approximate surface area is 258 Å². The van der Waals surface area contributed by atoms with Gasteiger partial charge in [0.1, 0.15) is 6.29 Å². The van der Waals surface area contributed by atoms with E-state index in [-0.39, 0.29) is 11.1 Å². The second-order valence-electron chi connectivity index (χ2n) is 10.4. The minimum atomic E-state index is -4.25. The number of amides is 1. The number of hydrogen-bond acceptors (Lipinski definition) is 6. The highest BCUT2D eigenvalue weighted by molar-refractivity contribution is 6.07. The zero-order valence-corrected chi connectivity index (χ0v) is 24.6. The second-order valence-corrected chi connectivity index (χ2v) is 10.4. The number of alkyl halides is 3. The van der Waals surface area contributed by atoms with Gasteiger partial charge in [-0.25, -0.2) is 4.79 Å². The highest BCUT2D eigenvalue weighted by atomic mass is 19.4. The third-order valence-electron chi connectivity index (χ3n) is 7.18. The second kappa shape index (κ2) is 15.1. The first-order chi connectivity index (χ1) is 21.6. The smallest absolute Gasteiger partial charge is 0.416 e. The Hall–Kier alpha value is -5.03. The van der Waals surface area contributed by atoms with Crippen LogP contribution in [0.4, 0.5) is 24.5 Å². The number of aromatic carboxylic acids is 1. The van der Waals surface area contributed by atoms with Crippen molar-refractivity contribution < 1.29 is 32.7 Å². The molecule has 0 bridgehead atoms. The Kier molecular flexibility index (Phi) is 11.0. The number of anilines is 2. The summed E-state index contributed by atoms with van der Waals surface area (Å²) in [5.41, 5.74) is 3.64. The fourth-order valence-electron chi connectivity index (χ4n) is 4.92. The number of carboxylic acids is 1. The number of aromatic nitrogens is 1. The van der Waals surface area contributed by atoms with Crippen LogP contribution in [0.5, 0.6) is 0 Å². The molecule has 0 spiro atoms. The molecule has 4 aromatic rings. The molecule has 0 atom stereocenters. The number of nitrogens with zero attached hydrogens (tertiary/aromatic N) is 2. The molecule has 1 aliphatic rings. The van der Waals surface area contributed by atoms with Crippen molar-refractivity contribution in [1.82, 2.24) is 10.3 Å². The molecule has 2 heterocycles. The summed E-state index contributed by atoms with van der Waals surface area (Å²) < 4.78 is 36.6. The van der Waals surface area contributed by atoms with Gasteiger partial charge in [0.05, 0.1) is 22.5 Å². The Balaban J connectivity index is 0.000000297. The average Bonchev–Trinajstić information content (AvgIpc) is 3.05. The molecule has 8 nitrogen and oxygen atoms in total. The lowest BCUT2D eigenvalue weighted by Crippen LogP contribution is -2.29. The van der Waals surface area contributed by atoms with Crippen molar-refractivity contribution in [2.24, 2.45) is 0 Å². The van der Waals surface area contributed by atoms with Gasteiger partial charge in [-0.2, -0.15) is 13.2 Å². The van der Waals surface area contributed by atoms with E-state index in [0.29, 0.717) is 34.6 Å². The molecule has 3 N–H and O–H groups in total. The summed E-state index contributed by atoms with van der Waals surface area (Å²) >= 11 is 0. The first-order valence-electron chi connectivity index (χ1n) is 14.3. The summed E-state index contributed by atoms with van der Waals surface area (Å²) in [7, 11) is 1.69. The molecular formula is C34H33F3N4O4. The van der Waals surface area contributed by atoms with E-state index in [1.165, 1.54) is 30.7 Å². The third kappa shape index (κ3) is 8.99. The van der Waals surface area contributed by atoms with E-state index >= 15 is 0 Å². The van der Waals surface area contributed by atoms with E-state index in [1.807, 2.05) is 18.2 Å². The number of pyridine rings is 1. The normalized spacial score (nSPS) is 12.9. The van der Waals surface area contributed by atoms with Crippen molar-refractivity contribution in [2.75, 3.05) is 30.4 Å². The van der Waals surface area contributed by atoms with Gasteiger partial charge in [-0.3, -0.25) is 14.6 Å². The van der Waals surface area contributed by atoms with Crippen molar-refractivity contribution in [3.05, 3.63) is 113 Å². The molecular weight excluding hydrogens is 585 g/mol. The Bertz CT molecular complexity index is 1650. The standard InChI is InChI=1S/C25H23N3O4.C9H10F3N/c29-16-17-9-10-26-23(13-17)21-15-20(28-11-2-1-3-12-28)7-8-22(21)27-24(30)18-5-4-6-19(14-18)25(31)32;1-13-6-7-3-2-4-8(5-7)9(10,11)12/h4-10,13-16H,1-3,11-12H2,(H,27,30)(H,31,32);2-5,13H,6H2,1H3. The van der Waals surface area contributed by atoms with E-state index in [9.17, 15) is 32.7 Å². The Morgan fingerprint density at radius 2 is 1.67 bits per heavy atom. The SMILES string of the molecule is CNCc1cccc(C(F)(F)F)c1.O=Cc1ccnc(-c2cc(N3CCCCC3)ccc2NC(=O)c2cccc(C(=O)O)c2)c1. The number of carbonyl (C=O) groups excluding carboxylic acids is 2. The van der Waals surface area contributed by atoms with Gasteiger partial charge < -0.3 is 20.6 Å². The molecule has 3 aromatic carbocycles. The number of carbonyl (C=O) groups is 3. The molecule has 1 amide bonds. The summed E-state index contributed by atoms with van der Waals surface area (Å²) in [6.07, 6.45) is 1.56. The van der Waals surface area contributed by atoms with Crippen molar-refractivity contribution in [3.8, 4) is 11.3 Å². The maximum Gasteiger partial charge on any atom is 0.416 e. The van der Waals surface area contributed by atoms with Gasteiger partial charge in [0.15, 0.2) is 0 Å². The lowest BCUT2D eigenvalue weighted by Gasteiger charge is -2.29. The Morgan fingerprint density at radius 1 is 0.933 bits per heavy atom. The maximum absolute atomic E-state index is 12.9. The van der Waals surface area contributed by atoms with Gasteiger partial charge >= 0.3 is 12.1 Å². The van der Waals surface area contributed by atoms with E-state index < -0.39 is 23.6 Å². The van der Waals surface area contributed by atoms with E-state index in [1.54, 1.807) is 37.5 Å². The molecule has 234 valence electrons. The molecule has 1 saturated heterocycles. The van der Waals surface area contributed by atoms with Crippen LogP contribution in [-0.2, 0) is 12.7 Å². The average molecular weight is 619 g/mol. The lowest BCUT2D eigenvalue weighted by molar-refractivity contribution is -0.137. The van der Waals surface area contributed by atoms with Crippen LogP contribution in [0, 0.1) is 0 Å². The number of benzene rings is 3. The topological polar surface area (TPSA) is 112 Å². The number of piperidine rings is 1. The molecule has 1 aromatic heterocycles. The number of carboxylic acid groups (broad SMARTS) is 1. The summed E-state index contributed by atoms with van der Waals surface area (Å²) in [6.45, 7) is 2.38. The predicted molar refractivity (Wildman–Crippen MR) is 167 cm³/mol. The van der Waals surface area contributed by atoms with E-state index in [2.05, 4.69) is 20.5 Å². The van der Waals surface area contributed by atoms with Crippen LogP contribution in [0.15, 0.2) is 85.1 Å². The van der Waals surface area contributed by atoms with Crippen LogP contribution in [0.25, 0.3) is 11.3 Å². The fourth-order valence-corrected chi connectivity index (χ4v) is 4.92. The van der Waals surface area contributed by atoms with Gasteiger partial charge in [0, 0.05) is 48.2 Å². The van der Waals surface area contributed by atoms with E-state index in [4.69, 9.17) is 0 Å². The number of nitrogens with one attached hydrogen (secondary N) is 2. The largest absolute Gasteiger partial charge is 0.478 e. The molecule has 0 unspecified atom stereocenters. The number of aldehydes is 1. The number of hydrogen-bond donors (Lipinski definition) is 3. The van der Waals surface area contributed by atoms with Crippen LogP contribution in [0.2, 0.25) is 0 Å². The Morgan fingerprint density at radius 3 is 2.36 bits per heavy atom. The fraction of sp³-hybridized carbons (Fsp3) is 0.235. The van der Waals surface area contributed by atoms with Crippen molar-refractivity contribution in [1.29, 1.82) is 0 Å². The van der Waals surface area contributed by atoms with Gasteiger partial charge in [-0.1, -0.05) is 24.3 Å². The lowest BCUT2D eigenvalue weighted by atomic mass is 10.0. The molecule has 45 heavy (non-hydrogen) atoms. The third-order valence-corrected chi connectivity index (χ3v) is 7.18. The van der Waals surface area contributed by atoms with Crippen LogP contribution in [0.1, 0.15) is 61.5 Å². The van der Waals surface area contributed by atoms with Gasteiger partial charge in [-0.15, -0.1) is 0 Å².